The lowest BCUT2D eigenvalue weighted by atomic mass is 10.1. The van der Waals surface area contributed by atoms with E-state index in [1.165, 1.54) is 0 Å². The van der Waals surface area contributed by atoms with Crippen LogP contribution in [-0.2, 0) is 6.42 Å². The molecule has 1 amide bonds. The Hall–Kier alpha value is -3.09. The number of imidazole rings is 1. The summed E-state index contributed by atoms with van der Waals surface area (Å²) in [6.45, 7) is 3.28. The fraction of sp³-hybridized carbons (Fsp3) is 0.381. The predicted octanol–water partition coefficient (Wildman–Crippen LogP) is 3.51. The molecule has 0 radical (unpaired) electrons. The van der Waals surface area contributed by atoms with Gasteiger partial charge in [0.25, 0.3) is 5.91 Å². The Balaban J connectivity index is 1.72. The molecule has 2 N–H and O–H groups in total. The number of rotatable bonds is 10. The Labute approximate surface area is 164 Å². The SMILES string of the molecule is CCCCCOc1c(OC)ccc2cc(C(=O)NCCc3c[nH]cn3)cnc12. The van der Waals surface area contributed by atoms with E-state index in [0.29, 0.717) is 42.2 Å². The number of methoxy groups -OCH3 is 1. The highest BCUT2D eigenvalue weighted by molar-refractivity contribution is 5.98. The van der Waals surface area contributed by atoms with Gasteiger partial charge in [-0.05, 0) is 24.6 Å². The molecule has 2 heterocycles. The number of amides is 1. The number of hydrogen-bond acceptors (Lipinski definition) is 5. The average molecular weight is 382 g/mol. The van der Waals surface area contributed by atoms with Crippen LogP contribution in [-0.4, -0.2) is 41.1 Å². The molecule has 0 unspecified atom stereocenters. The number of aromatic nitrogens is 3. The second-order valence-corrected chi connectivity index (χ2v) is 6.51. The summed E-state index contributed by atoms with van der Waals surface area (Å²) in [6, 6.07) is 5.56. The number of nitrogens with zero attached hydrogens (tertiary/aromatic N) is 2. The molecular weight excluding hydrogens is 356 g/mol. The summed E-state index contributed by atoms with van der Waals surface area (Å²) in [7, 11) is 1.61. The number of carbonyl (C=O) groups excluding carboxylic acids is 1. The van der Waals surface area contributed by atoms with Crippen LogP contribution in [0.25, 0.3) is 10.9 Å². The molecule has 2 aromatic heterocycles. The van der Waals surface area contributed by atoms with E-state index in [9.17, 15) is 4.79 Å². The molecule has 0 spiro atoms. The van der Waals surface area contributed by atoms with Crippen LogP contribution in [0.4, 0.5) is 0 Å². The summed E-state index contributed by atoms with van der Waals surface area (Å²) in [5, 5.41) is 3.74. The number of hydrogen-bond donors (Lipinski definition) is 2. The third kappa shape index (κ3) is 4.79. The molecule has 0 saturated heterocycles. The highest BCUT2D eigenvalue weighted by Gasteiger charge is 2.14. The van der Waals surface area contributed by atoms with Crippen LogP contribution in [0, 0.1) is 0 Å². The van der Waals surface area contributed by atoms with Gasteiger partial charge in [-0.1, -0.05) is 19.8 Å². The minimum atomic E-state index is -0.161. The summed E-state index contributed by atoms with van der Waals surface area (Å²) < 4.78 is 11.4. The van der Waals surface area contributed by atoms with Crippen LogP contribution in [0.3, 0.4) is 0 Å². The van der Waals surface area contributed by atoms with Crippen LogP contribution in [0.5, 0.6) is 11.5 Å². The predicted molar refractivity (Wildman–Crippen MR) is 108 cm³/mol. The fourth-order valence-electron chi connectivity index (χ4n) is 2.94. The van der Waals surface area contributed by atoms with Crippen molar-refractivity contribution in [1.82, 2.24) is 20.3 Å². The zero-order valence-electron chi connectivity index (χ0n) is 16.3. The standard InChI is InChI=1S/C21H26N4O3/c1-3-4-5-10-28-20-18(27-2)7-6-15-11-16(12-24-19(15)20)21(26)23-9-8-17-13-22-14-25-17/h6-7,11-14H,3-5,8-10H2,1-2H3,(H,22,25)(H,23,26). The van der Waals surface area contributed by atoms with E-state index in [2.05, 4.69) is 27.2 Å². The van der Waals surface area contributed by atoms with Gasteiger partial charge >= 0.3 is 0 Å². The van der Waals surface area contributed by atoms with Crippen LogP contribution < -0.4 is 14.8 Å². The number of aromatic amines is 1. The second kappa shape index (κ2) is 9.73. The van der Waals surface area contributed by atoms with Crippen molar-refractivity contribution in [2.45, 2.75) is 32.6 Å². The summed E-state index contributed by atoms with van der Waals surface area (Å²) in [5.41, 5.74) is 2.12. The van der Waals surface area contributed by atoms with E-state index < -0.39 is 0 Å². The monoisotopic (exact) mass is 382 g/mol. The maximum atomic E-state index is 12.4. The molecule has 3 aromatic rings. The van der Waals surface area contributed by atoms with Crippen molar-refractivity contribution < 1.29 is 14.3 Å². The maximum absolute atomic E-state index is 12.4. The van der Waals surface area contributed by atoms with E-state index in [0.717, 1.165) is 30.3 Å². The van der Waals surface area contributed by atoms with Crippen molar-refractivity contribution in [3.05, 3.63) is 48.2 Å². The van der Waals surface area contributed by atoms with Gasteiger partial charge in [-0.25, -0.2) is 4.98 Å². The number of fused-ring (bicyclic) bond motifs is 1. The molecule has 148 valence electrons. The van der Waals surface area contributed by atoms with Crippen molar-refractivity contribution in [3.8, 4) is 11.5 Å². The second-order valence-electron chi connectivity index (χ2n) is 6.51. The number of ether oxygens (including phenoxy) is 2. The molecular formula is C21H26N4O3. The minimum Gasteiger partial charge on any atom is -0.493 e. The molecule has 0 aliphatic heterocycles. The normalized spacial score (nSPS) is 10.8. The first-order valence-corrected chi connectivity index (χ1v) is 9.58. The zero-order valence-corrected chi connectivity index (χ0v) is 16.3. The molecule has 0 saturated carbocycles. The van der Waals surface area contributed by atoms with Gasteiger partial charge in [-0.2, -0.15) is 0 Å². The van der Waals surface area contributed by atoms with Gasteiger partial charge in [0.1, 0.15) is 5.52 Å². The van der Waals surface area contributed by atoms with E-state index in [1.54, 1.807) is 19.6 Å². The molecule has 3 rings (SSSR count). The molecule has 0 aliphatic rings. The number of H-pyrrole nitrogens is 1. The van der Waals surface area contributed by atoms with Crippen molar-refractivity contribution in [2.75, 3.05) is 20.3 Å². The van der Waals surface area contributed by atoms with Crippen molar-refractivity contribution >= 4 is 16.8 Å². The van der Waals surface area contributed by atoms with Crippen LogP contribution in [0.1, 0.15) is 42.2 Å². The van der Waals surface area contributed by atoms with Gasteiger partial charge in [0, 0.05) is 30.7 Å². The quantitative estimate of drug-likeness (QED) is 0.524. The number of unbranched alkanes of at least 4 members (excludes halogenated alkanes) is 2. The molecule has 7 heteroatoms. The number of pyridine rings is 1. The van der Waals surface area contributed by atoms with E-state index in [1.807, 2.05) is 24.4 Å². The highest BCUT2D eigenvalue weighted by atomic mass is 16.5. The largest absolute Gasteiger partial charge is 0.493 e. The fourth-order valence-corrected chi connectivity index (χ4v) is 2.94. The van der Waals surface area contributed by atoms with Gasteiger partial charge in [-0.15, -0.1) is 0 Å². The zero-order chi connectivity index (χ0) is 19.8. The molecule has 1 aromatic carbocycles. The van der Waals surface area contributed by atoms with E-state index in [-0.39, 0.29) is 5.91 Å². The number of benzene rings is 1. The summed E-state index contributed by atoms with van der Waals surface area (Å²) >= 11 is 0. The Morgan fingerprint density at radius 2 is 2.14 bits per heavy atom. The van der Waals surface area contributed by atoms with Crippen molar-refractivity contribution in [2.24, 2.45) is 0 Å². The number of carbonyl (C=O) groups is 1. The lowest BCUT2D eigenvalue weighted by Gasteiger charge is -2.13. The summed E-state index contributed by atoms with van der Waals surface area (Å²) in [6.07, 6.45) is 8.91. The Bertz CT molecular complexity index is 909. The summed E-state index contributed by atoms with van der Waals surface area (Å²) in [5.74, 6) is 1.11. The van der Waals surface area contributed by atoms with Crippen molar-refractivity contribution in [3.63, 3.8) is 0 Å². The van der Waals surface area contributed by atoms with Crippen LogP contribution in [0.15, 0.2) is 36.9 Å². The molecule has 0 bridgehead atoms. The van der Waals surface area contributed by atoms with Crippen LogP contribution >= 0.6 is 0 Å². The smallest absolute Gasteiger partial charge is 0.252 e. The highest BCUT2D eigenvalue weighted by Crippen LogP contribution is 2.34. The Morgan fingerprint density at radius 1 is 1.25 bits per heavy atom. The first-order chi connectivity index (χ1) is 13.7. The van der Waals surface area contributed by atoms with Gasteiger partial charge in [0.05, 0.1) is 31.3 Å². The molecule has 0 atom stereocenters. The third-order valence-corrected chi connectivity index (χ3v) is 4.47. The maximum Gasteiger partial charge on any atom is 0.252 e. The van der Waals surface area contributed by atoms with Gasteiger partial charge in [0.2, 0.25) is 0 Å². The van der Waals surface area contributed by atoms with Crippen molar-refractivity contribution in [1.29, 1.82) is 0 Å². The van der Waals surface area contributed by atoms with Crippen LogP contribution in [0.2, 0.25) is 0 Å². The minimum absolute atomic E-state index is 0.161. The Morgan fingerprint density at radius 3 is 2.89 bits per heavy atom. The summed E-state index contributed by atoms with van der Waals surface area (Å²) in [4.78, 5) is 24.0. The first-order valence-electron chi connectivity index (χ1n) is 9.58. The lowest BCUT2D eigenvalue weighted by Crippen LogP contribution is -2.25. The molecule has 0 aliphatic carbocycles. The Kier molecular flexibility index (Phi) is 6.84. The van der Waals surface area contributed by atoms with Gasteiger partial charge in [0.15, 0.2) is 11.5 Å². The topological polar surface area (TPSA) is 89.1 Å². The molecule has 7 nitrogen and oxygen atoms in total. The molecule has 0 fully saturated rings. The number of nitrogens with one attached hydrogen (secondary N) is 2. The molecule has 28 heavy (non-hydrogen) atoms. The first kappa shape index (κ1) is 19.7. The average Bonchev–Trinajstić information content (AvgIpc) is 3.24. The van der Waals surface area contributed by atoms with Gasteiger partial charge < -0.3 is 19.8 Å². The van der Waals surface area contributed by atoms with Gasteiger partial charge in [-0.3, -0.25) is 9.78 Å². The van der Waals surface area contributed by atoms with E-state index in [4.69, 9.17) is 9.47 Å². The lowest BCUT2D eigenvalue weighted by molar-refractivity contribution is 0.0954. The van der Waals surface area contributed by atoms with E-state index >= 15 is 0 Å². The third-order valence-electron chi connectivity index (χ3n) is 4.47.